The zero-order valence-electron chi connectivity index (χ0n) is 19.5. The molecule has 0 aliphatic heterocycles. The van der Waals surface area contributed by atoms with Crippen LogP contribution in [0.1, 0.15) is 0 Å². The average molecular weight is 469 g/mol. The lowest BCUT2D eigenvalue weighted by atomic mass is 10.2. The van der Waals surface area contributed by atoms with Gasteiger partial charge in [0.15, 0.2) is 11.5 Å². The van der Waals surface area contributed by atoms with Crippen LogP contribution >= 0.6 is 0 Å². The summed E-state index contributed by atoms with van der Waals surface area (Å²) in [6, 6.07) is 23.2. The molecule has 0 bridgehead atoms. The number of imidazole rings is 1. The Morgan fingerprint density at radius 1 is 0.714 bits per heavy atom. The van der Waals surface area contributed by atoms with Crippen molar-refractivity contribution < 1.29 is 14.2 Å². The summed E-state index contributed by atoms with van der Waals surface area (Å²) in [6.07, 6.45) is 1.70. The van der Waals surface area contributed by atoms with Crippen LogP contribution in [-0.2, 0) is 0 Å². The van der Waals surface area contributed by atoms with Gasteiger partial charge in [0, 0.05) is 35.8 Å². The van der Waals surface area contributed by atoms with Crippen LogP contribution in [0.15, 0.2) is 79.0 Å². The number of para-hydroxylation sites is 3. The van der Waals surface area contributed by atoms with E-state index in [1.807, 2.05) is 65.2 Å². The SMILES string of the molecule is COc1cc(Nc2nccc(-n3c(Nc4ccccc4)nc4ccccc43)n2)cc(OC)c1OC. The summed E-state index contributed by atoms with van der Waals surface area (Å²) in [6.45, 7) is 0. The first-order valence-corrected chi connectivity index (χ1v) is 10.9. The van der Waals surface area contributed by atoms with Crippen LogP contribution < -0.4 is 24.8 Å². The third kappa shape index (κ3) is 4.39. The maximum atomic E-state index is 5.45. The maximum absolute atomic E-state index is 5.45. The predicted molar refractivity (Wildman–Crippen MR) is 136 cm³/mol. The van der Waals surface area contributed by atoms with Crippen LogP contribution in [0.2, 0.25) is 0 Å². The van der Waals surface area contributed by atoms with Gasteiger partial charge in [-0.2, -0.15) is 4.98 Å². The molecule has 0 unspecified atom stereocenters. The Hall–Kier alpha value is -4.79. The molecule has 5 rings (SSSR count). The quantitative estimate of drug-likeness (QED) is 0.316. The Labute approximate surface area is 202 Å². The molecule has 9 nitrogen and oxygen atoms in total. The predicted octanol–water partition coefficient (Wildman–Crippen LogP) is 5.33. The first-order valence-electron chi connectivity index (χ1n) is 10.9. The molecule has 3 aromatic carbocycles. The second-order valence-electron chi connectivity index (χ2n) is 7.53. The topological polar surface area (TPSA) is 95.4 Å². The number of aromatic nitrogens is 4. The second kappa shape index (κ2) is 9.60. The van der Waals surface area contributed by atoms with Gasteiger partial charge in [0.1, 0.15) is 5.82 Å². The highest BCUT2D eigenvalue weighted by molar-refractivity contribution is 5.82. The molecule has 9 heteroatoms. The molecule has 0 saturated heterocycles. The maximum Gasteiger partial charge on any atom is 0.229 e. The normalized spacial score (nSPS) is 10.7. The zero-order chi connectivity index (χ0) is 24.2. The van der Waals surface area contributed by atoms with E-state index in [4.69, 9.17) is 24.2 Å². The summed E-state index contributed by atoms with van der Waals surface area (Å²) in [4.78, 5) is 14.0. The number of hydrogen-bond acceptors (Lipinski definition) is 8. The van der Waals surface area contributed by atoms with E-state index >= 15 is 0 Å². The number of benzene rings is 3. The smallest absolute Gasteiger partial charge is 0.229 e. The van der Waals surface area contributed by atoms with Gasteiger partial charge in [-0.25, -0.2) is 9.97 Å². The van der Waals surface area contributed by atoms with Crippen molar-refractivity contribution in [2.24, 2.45) is 0 Å². The van der Waals surface area contributed by atoms with Crippen LogP contribution in [0, 0.1) is 0 Å². The lowest BCUT2D eigenvalue weighted by molar-refractivity contribution is 0.324. The number of fused-ring (bicyclic) bond motifs is 1. The van der Waals surface area contributed by atoms with E-state index in [9.17, 15) is 0 Å². The second-order valence-corrected chi connectivity index (χ2v) is 7.53. The van der Waals surface area contributed by atoms with Gasteiger partial charge in [0.05, 0.1) is 32.4 Å². The van der Waals surface area contributed by atoms with Crippen molar-refractivity contribution >= 4 is 34.3 Å². The van der Waals surface area contributed by atoms with Crippen LogP contribution in [-0.4, -0.2) is 40.8 Å². The summed E-state index contributed by atoms with van der Waals surface area (Å²) in [5, 5.41) is 6.63. The van der Waals surface area contributed by atoms with Crippen molar-refractivity contribution in [3.05, 3.63) is 79.0 Å². The first kappa shape index (κ1) is 22.0. The summed E-state index contributed by atoms with van der Waals surface area (Å²) in [5.41, 5.74) is 3.38. The fraction of sp³-hybridized carbons (Fsp3) is 0.115. The molecule has 2 aromatic heterocycles. The Morgan fingerprint density at radius 3 is 2.14 bits per heavy atom. The largest absolute Gasteiger partial charge is 0.493 e. The van der Waals surface area contributed by atoms with Crippen LogP contribution in [0.5, 0.6) is 17.2 Å². The standard InChI is InChI=1S/C26H24N6O3/c1-33-21-15-18(16-22(34-2)24(21)35-3)28-25-27-14-13-23(31-25)32-20-12-8-7-11-19(20)30-26(32)29-17-9-5-4-6-10-17/h4-16H,1-3H3,(H,29,30)(H,27,28,31). The van der Waals surface area contributed by atoms with Crippen molar-refractivity contribution in [3.63, 3.8) is 0 Å². The number of methoxy groups -OCH3 is 3. The molecule has 5 aromatic rings. The van der Waals surface area contributed by atoms with E-state index in [0.717, 1.165) is 16.7 Å². The van der Waals surface area contributed by atoms with Crippen molar-refractivity contribution in [2.75, 3.05) is 32.0 Å². The average Bonchev–Trinajstić information content (AvgIpc) is 3.26. The van der Waals surface area contributed by atoms with Gasteiger partial charge < -0.3 is 24.8 Å². The molecule has 0 saturated carbocycles. The monoisotopic (exact) mass is 468 g/mol. The van der Waals surface area contributed by atoms with Gasteiger partial charge >= 0.3 is 0 Å². The molecule has 0 fully saturated rings. The van der Waals surface area contributed by atoms with Gasteiger partial charge in [0.2, 0.25) is 17.6 Å². The molecule has 0 aliphatic carbocycles. The molecule has 0 amide bonds. The summed E-state index contributed by atoms with van der Waals surface area (Å²) < 4.78 is 18.3. The van der Waals surface area contributed by atoms with Gasteiger partial charge in [-0.05, 0) is 24.3 Å². The van der Waals surface area contributed by atoms with E-state index in [-0.39, 0.29) is 0 Å². The van der Waals surface area contributed by atoms with E-state index in [0.29, 0.717) is 40.7 Å². The van der Waals surface area contributed by atoms with Gasteiger partial charge in [-0.3, -0.25) is 4.57 Å². The van der Waals surface area contributed by atoms with E-state index < -0.39 is 0 Å². The molecular formula is C26H24N6O3. The van der Waals surface area contributed by atoms with E-state index in [2.05, 4.69) is 15.6 Å². The highest BCUT2D eigenvalue weighted by atomic mass is 16.5. The molecule has 35 heavy (non-hydrogen) atoms. The van der Waals surface area contributed by atoms with Crippen molar-refractivity contribution in [3.8, 4) is 23.1 Å². The fourth-order valence-corrected chi connectivity index (χ4v) is 3.81. The minimum atomic E-state index is 0.403. The Balaban J connectivity index is 1.54. The molecule has 2 heterocycles. The highest BCUT2D eigenvalue weighted by Gasteiger charge is 2.16. The lowest BCUT2D eigenvalue weighted by Crippen LogP contribution is -2.06. The van der Waals surface area contributed by atoms with Crippen LogP contribution in [0.3, 0.4) is 0 Å². The minimum Gasteiger partial charge on any atom is -0.493 e. The lowest BCUT2D eigenvalue weighted by Gasteiger charge is -2.15. The summed E-state index contributed by atoms with van der Waals surface area (Å²) in [7, 11) is 4.71. The Kier molecular flexibility index (Phi) is 6.04. The molecule has 2 N–H and O–H groups in total. The van der Waals surface area contributed by atoms with Crippen molar-refractivity contribution in [1.82, 2.24) is 19.5 Å². The van der Waals surface area contributed by atoms with Crippen LogP contribution in [0.25, 0.3) is 16.9 Å². The number of ether oxygens (including phenoxy) is 3. The Bertz CT molecular complexity index is 1440. The third-order valence-electron chi connectivity index (χ3n) is 5.38. The number of nitrogens with zero attached hydrogens (tertiary/aromatic N) is 4. The van der Waals surface area contributed by atoms with E-state index in [1.165, 1.54) is 0 Å². The molecular weight excluding hydrogens is 444 g/mol. The first-order chi connectivity index (χ1) is 17.2. The number of nitrogens with one attached hydrogen (secondary N) is 2. The fourth-order valence-electron chi connectivity index (χ4n) is 3.81. The molecule has 0 spiro atoms. The summed E-state index contributed by atoms with van der Waals surface area (Å²) >= 11 is 0. The zero-order valence-corrected chi connectivity index (χ0v) is 19.5. The van der Waals surface area contributed by atoms with Crippen molar-refractivity contribution in [2.45, 2.75) is 0 Å². The van der Waals surface area contributed by atoms with Gasteiger partial charge in [-0.15, -0.1) is 0 Å². The summed E-state index contributed by atoms with van der Waals surface area (Å²) in [5.74, 6) is 3.27. The van der Waals surface area contributed by atoms with Gasteiger partial charge in [0.25, 0.3) is 0 Å². The van der Waals surface area contributed by atoms with Gasteiger partial charge in [-0.1, -0.05) is 30.3 Å². The highest BCUT2D eigenvalue weighted by Crippen LogP contribution is 2.40. The number of rotatable bonds is 8. The number of hydrogen-bond donors (Lipinski definition) is 2. The molecule has 0 aliphatic rings. The molecule has 0 atom stereocenters. The van der Waals surface area contributed by atoms with Crippen LogP contribution in [0.4, 0.5) is 23.3 Å². The Morgan fingerprint density at radius 2 is 1.43 bits per heavy atom. The minimum absolute atomic E-state index is 0.403. The molecule has 176 valence electrons. The van der Waals surface area contributed by atoms with E-state index in [1.54, 1.807) is 39.7 Å². The van der Waals surface area contributed by atoms with Crippen molar-refractivity contribution in [1.29, 1.82) is 0 Å². The third-order valence-corrected chi connectivity index (χ3v) is 5.38. The number of anilines is 4. The molecule has 0 radical (unpaired) electrons.